The molecule has 2 aliphatic heterocycles. The largest absolute Gasteiger partial charge is 0.381 e. The van der Waals surface area contributed by atoms with Gasteiger partial charge in [-0.05, 0) is 45.4 Å². The van der Waals surface area contributed by atoms with Crippen LogP contribution in [0.3, 0.4) is 0 Å². The predicted octanol–water partition coefficient (Wildman–Crippen LogP) is 2.22. The molecule has 6 heteroatoms. The third-order valence-corrected chi connectivity index (χ3v) is 6.42. The van der Waals surface area contributed by atoms with E-state index < -0.39 is 0 Å². The molecule has 0 aromatic carbocycles. The SMILES string of the molecule is Cc1nc(C2CCCN(C(=O)C(N)C3CCOCC3)C2)sc1C. The molecule has 2 fully saturated rings. The normalized spacial score (nSPS) is 24.7. The fraction of sp³-hybridized carbons (Fsp3) is 0.765. The first-order chi connectivity index (χ1) is 11.1. The molecule has 0 bridgehead atoms. The quantitative estimate of drug-likeness (QED) is 0.918. The van der Waals surface area contributed by atoms with E-state index in [1.165, 1.54) is 9.88 Å². The highest BCUT2D eigenvalue weighted by Gasteiger charge is 2.33. The van der Waals surface area contributed by atoms with Gasteiger partial charge in [-0.1, -0.05) is 0 Å². The van der Waals surface area contributed by atoms with Crippen LogP contribution < -0.4 is 5.73 Å². The molecule has 0 aliphatic carbocycles. The molecule has 5 nitrogen and oxygen atoms in total. The first kappa shape index (κ1) is 16.9. The fourth-order valence-electron chi connectivity index (χ4n) is 3.54. The van der Waals surface area contributed by atoms with Crippen LogP contribution in [0.25, 0.3) is 0 Å². The minimum Gasteiger partial charge on any atom is -0.381 e. The third kappa shape index (κ3) is 3.75. The summed E-state index contributed by atoms with van der Waals surface area (Å²) in [7, 11) is 0. The summed E-state index contributed by atoms with van der Waals surface area (Å²) in [6.45, 7) is 7.22. The molecule has 2 aliphatic rings. The Morgan fingerprint density at radius 2 is 2.09 bits per heavy atom. The summed E-state index contributed by atoms with van der Waals surface area (Å²) >= 11 is 1.77. The van der Waals surface area contributed by atoms with Crippen LogP contribution in [0.4, 0.5) is 0 Å². The van der Waals surface area contributed by atoms with Crippen LogP contribution >= 0.6 is 11.3 Å². The van der Waals surface area contributed by atoms with Crippen LogP contribution in [0.1, 0.15) is 47.2 Å². The van der Waals surface area contributed by atoms with Crippen LogP contribution in [-0.4, -0.2) is 48.1 Å². The lowest BCUT2D eigenvalue weighted by Crippen LogP contribution is -2.51. The van der Waals surface area contributed by atoms with Crippen LogP contribution in [0.2, 0.25) is 0 Å². The summed E-state index contributed by atoms with van der Waals surface area (Å²) in [6, 6.07) is -0.377. The summed E-state index contributed by atoms with van der Waals surface area (Å²) in [5.74, 6) is 0.750. The molecule has 2 unspecified atom stereocenters. The van der Waals surface area contributed by atoms with Crippen molar-refractivity contribution >= 4 is 17.2 Å². The Hall–Kier alpha value is -0.980. The van der Waals surface area contributed by atoms with Gasteiger partial charge < -0.3 is 15.4 Å². The number of likely N-dealkylation sites (tertiary alicyclic amines) is 1. The van der Waals surface area contributed by atoms with Gasteiger partial charge in [0.15, 0.2) is 0 Å². The second-order valence-corrected chi connectivity index (χ2v) is 8.03. The van der Waals surface area contributed by atoms with E-state index in [1.54, 1.807) is 11.3 Å². The number of ether oxygens (including phenoxy) is 1. The summed E-state index contributed by atoms with van der Waals surface area (Å²) in [4.78, 5) is 20.7. The Morgan fingerprint density at radius 3 is 2.74 bits per heavy atom. The average Bonchev–Trinajstić information content (AvgIpc) is 2.93. The number of carbonyl (C=O) groups excluding carboxylic acids is 1. The minimum atomic E-state index is -0.377. The van der Waals surface area contributed by atoms with E-state index in [-0.39, 0.29) is 17.9 Å². The summed E-state index contributed by atoms with van der Waals surface area (Å²) in [5, 5.41) is 1.18. The van der Waals surface area contributed by atoms with Crippen molar-refractivity contribution in [3.63, 3.8) is 0 Å². The monoisotopic (exact) mass is 337 g/mol. The highest BCUT2D eigenvalue weighted by Crippen LogP contribution is 2.32. The highest BCUT2D eigenvalue weighted by molar-refractivity contribution is 7.11. The third-order valence-electron chi connectivity index (χ3n) is 5.19. The molecule has 1 amide bonds. The molecule has 2 N–H and O–H groups in total. The van der Waals surface area contributed by atoms with Gasteiger partial charge in [-0.15, -0.1) is 11.3 Å². The van der Waals surface area contributed by atoms with Crippen LogP contribution in [0.15, 0.2) is 0 Å². The zero-order chi connectivity index (χ0) is 16.4. The molecular formula is C17H27N3O2S. The smallest absolute Gasteiger partial charge is 0.239 e. The lowest BCUT2D eigenvalue weighted by atomic mass is 9.90. The number of hydrogen-bond donors (Lipinski definition) is 1. The van der Waals surface area contributed by atoms with Gasteiger partial charge in [-0.25, -0.2) is 4.98 Å². The van der Waals surface area contributed by atoms with Gasteiger partial charge >= 0.3 is 0 Å². The van der Waals surface area contributed by atoms with E-state index in [0.29, 0.717) is 5.92 Å². The Labute approximate surface area is 142 Å². The van der Waals surface area contributed by atoms with Crippen molar-refractivity contribution < 1.29 is 9.53 Å². The zero-order valence-corrected chi connectivity index (χ0v) is 14.9. The Kier molecular flexibility index (Phi) is 5.34. The second kappa shape index (κ2) is 7.28. The Bertz CT molecular complexity index is 535. The number of nitrogens with two attached hydrogens (primary N) is 1. The molecule has 0 radical (unpaired) electrons. The van der Waals surface area contributed by atoms with Gasteiger partial charge in [0.25, 0.3) is 0 Å². The van der Waals surface area contributed by atoms with Crippen molar-refractivity contribution in [3.8, 4) is 0 Å². The number of amides is 1. The molecule has 1 aromatic heterocycles. The number of hydrogen-bond acceptors (Lipinski definition) is 5. The zero-order valence-electron chi connectivity index (χ0n) is 14.1. The van der Waals surface area contributed by atoms with Gasteiger partial charge in [0.2, 0.25) is 5.91 Å². The highest BCUT2D eigenvalue weighted by atomic mass is 32.1. The molecule has 0 saturated carbocycles. The maximum atomic E-state index is 12.8. The molecule has 23 heavy (non-hydrogen) atoms. The number of nitrogens with zero attached hydrogens (tertiary/aromatic N) is 2. The first-order valence-corrected chi connectivity index (χ1v) is 9.44. The second-order valence-electron chi connectivity index (χ2n) is 6.79. The number of thiazole rings is 1. The van der Waals surface area contributed by atoms with Gasteiger partial charge in [0.1, 0.15) is 0 Å². The van der Waals surface area contributed by atoms with E-state index in [9.17, 15) is 4.79 Å². The van der Waals surface area contributed by atoms with Crippen LogP contribution in [0, 0.1) is 19.8 Å². The number of aromatic nitrogens is 1. The number of carbonyl (C=O) groups is 1. The fourth-order valence-corrected chi connectivity index (χ4v) is 4.59. The molecule has 2 atom stereocenters. The van der Waals surface area contributed by atoms with Crippen molar-refractivity contribution in [2.24, 2.45) is 11.7 Å². The molecular weight excluding hydrogens is 310 g/mol. The summed E-state index contributed by atoms with van der Waals surface area (Å²) < 4.78 is 5.38. The molecule has 1 aromatic rings. The van der Waals surface area contributed by atoms with Crippen LogP contribution in [0.5, 0.6) is 0 Å². The van der Waals surface area contributed by atoms with E-state index in [4.69, 9.17) is 15.5 Å². The van der Waals surface area contributed by atoms with Crippen molar-refractivity contribution in [2.75, 3.05) is 26.3 Å². The summed E-state index contributed by atoms with van der Waals surface area (Å²) in [5.41, 5.74) is 7.39. The van der Waals surface area contributed by atoms with E-state index in [0.717, 1.165) is 57.7 Å². The standard InChI is InChI=1S/C17H27N3O2S/c1-11-12(2)23-16(19-11)14-4-3-7-20(10-14)17(21)15(18)13-5-8-22-9-6-13/h13-15H,3-10,18H2,1-2H3. The van der Waals surface area contributed by atoms with Crippen LogP contribution in [-0.2, 0) is 9.53 Å². The van der Waals surface area contributed by atoms with Crippen molar-refractivity contribution in [1.29, 1.82) is 0 Å². The number of piperidine rings is 1. The lowest BCUT2D eigenvalue weighted by Gasteiger charge is -2.36. The van der Waals surface area contributed by atoms with E-state index in [2.05, 4.69) is 13.8 Å². The molecule has 0 spiro atoms. The topological polar surface area (TPSA) is 68.5 Å². The Morgan fingerprint density at radius 1 is 1.35 bits per heavy atom. The Balaban J connectivity index is 1.64. The minimum absolute atomic E-state index is 0.117. The van der Waals surface area contributed by atoms with E-state index >= 15 is 0 Å². The van der Waals surface area contributed by atoms with Gasteiger partial charge in [-0.2, -0.15) is 0 Å². The van der Waals surface area contributed by atoms with Crippen molar-refractivity contribution in [2.45, 2.75) is 51.5 Å². The molecule has 3 rings (SSSR count). The van der Waals surface area contributed by atoms with Crippen molar-refractivity contribution in [3.05, 3.63) is 15.6 Å². The summed E-state index contributed by atoms with van der Waals surface area (Å²) in [6.07, 6.45) is 3.95. The number of aryl methyl sites for hydroxylation is 2. The number of rotatable bonds is 3. The average molecular weight is 337 g/mol. The maximum absolute atomic E-state index is 12.8. The first-order valence-electron chi connectivity index (χ1n) is 8.62. The van der Waals surface area contributed by atoms with Gasteiger partial charge in [0, 0.05) is 37.1 Å². The maximum Gasteiger partial charge on any atom is 0.239 e. The van der Waals surface area contributed by atoms with Gasteiger partial charge in [0.05, 0.1) is 16.7 Å². The molecule has 2 saturated heterocycles. The van der Waals surface area contributed by atoms with Crippen molar-refractivity contribution in [1.82, 2.24) is 9.88 Å². The van der Waals surface area contributed by atoms with Gasteiger partial charge in [-0.3, -0.25) is 4.79 Å². The predicted molar refractivity (Wildman–Crippen MR) is 91.7 cm³/mol. The molecule has 128 valence electrons. The van der Waals surface area contributed by atoms with E-state index in [1.807, 2.05) is 4.90 Å². The lowest BCUT2D eigenvalue weighted by molar-refractivity contribution is -0.136. The molecule has 3 heterocycles.